The van der Waals surface area contributed by atoms with E-state index in [1.54, 1.807) is 13.8 Å². The number of hydrogen-bond donors (Lipinski definition) is 0. The monoisotopic (exact) mass is 308 g/mol. The van der Waals surface area contributed by atoms with Gasteiger partial charge in [-0.1, -0.05) is 0 Å². The highest BCUT2D eigenvalue weighted by Gasteiger charge is 2.07. The molecule has 0 fully saturated rings. The SMILES string of the molecule is CC(=Nc1ccc(F)cc1F)C(C)=Nc1ccc(F)cc1F. The van der Waals surface area contributed by atoms with Gasteiger partial charge in [-0.25, -0.2) is 27.5 Å². The molecule has 2 aromatic carbocycles. The van der Waals surface area contributed by atoms with Crippen molar-refractivity contribution in [3.63, 3.8) is 0 Å². The van der Waals surface area contributed by atoms with Crippen molar-refractivity contribution in [3.05, 3.63) is 59.7 Å². The Bertz CT molecular complexity index is 701. The van der Waals surface area contributed by atoms with Crippen LogP contribution >= 0.6 is 0 Å². The normalized spacial score (nSPS) is 12.6. The number of nitrogens with zero attached hydrogens (tertiary/aromatic N) is 2. The third-order valence-corrected chi connectivity index (χ3v) is 2.92. The van der Waals surface area contributed by atoms with Gasteiger partial charge in [0.1, 0.15) is 11.6 Å². The molecule has 0 bridgehead atoms. The van der Waals surface area contributed by atoms with Crippen molar-refractivity contribution in [3.8, 4) is 0 Å². The molecule has 0 unspecified atom stereocenters. The van der Waals surface area contributed by atoms with Crippen LogP contribution in [0, 0.1) is 23.3 Å². The molecule has 0 aromatic heterocycles. The van der Waals surface area contributed by atoms with Crippen LogP contribution in [-0.4, -0.2) is 11.4 Å². The molecule has 0 radical (unpaired) electrons. The summed E-state index contributed by atoms with van der Waals surface area (Å²) in [6, 6.07) is 6.00. The van der Waals surface area contributed by atoms with E-state index in [2.05, 4.69) is 9.98 Å². The Morgan fingerprint density at radius 1 is 0.682 bits per heavy atom. The van der Waals surface area contributed by atoms with Crippen LogP contribution in [-0.2, 0) is 0 Å². The smallest absolute Gasteiger partial charge is 0.151 e. The molecule has 0 N–H and O–H groups in total. The van der Waals surface area contributed by atoms with E-state index in [1.165, 1.54) is 12.1 Å². The van der Waals surface area contributed by atoms with Crippen LogP contribution in [0.25, 0.3) is 0 Å². The minimum atomic E-state index is -0.805. The van der Waals surface area contributed by atoms with E-state index in [0.29, 0.717) is 11.4 Å². The third kappa shape index (κ3) is 3.78. The standard InChI is InChI=1S/C16H12F4N2/c1-9(21-15-5-3-11(17)7-13(15)19)10(2)22-16-6-4-12(18)8-14(16)20/h3-8H,1-2H3. The van der Waals surface area contributed by atoms with Crippen LogP contribution < -0.4 is 0 Å². The Balaban J connectivity index is 2.33. The summed E-state index contributed by atoms with van der Waals surface area (Å²) in [5, 5.41) is 0. The van der Waals surface area contributed by atoms with Gasteiger partial charge in [0.25, 0.3) is 0 Å². The first-order valence-electron chi connectivity index (χ1n) is 6.38. The zero-order valence-electron chi connectivity index (χ0n) is 11.9. The Kier molecular flexibility index (Phi) is 4.70. The average Bonchev–Trinajstić information content (AvgIpc) is 2.44. The van der Waals surface area contributed by atoms with Crippen LogP contribution in [0.5, 0.6) is 0 Å². The second-order valence-electron chi connectivity index (χ2n) is 4.59. The van der Waals surface area contributed by atoms with Crippen LogP contribution in [0.1, 0.15) is 13.8 Å². The molecule has 0 saturated carbocycles. The van der Waals surface area contributed by atoms with E-state index < -0.39 is 23.3 Å². The van der Waals surface area contributed by atoms with Crippen LogP contribution in [0.15, 0.2) is 46.4 Å². The van der Waals surface area contributed by atoms with E-state index in [1.807, 2.05) is 0 Å². The Morgan fingerprint density at radius 3 is 1.36 bits per heavy atom. The maximum absolute atomic E-state index is 13.5. The van der Waals surface area contributed by atoms with E-state index >= 15 is 0 Å². The average molecular weight is 308 g/mol. The first-order valence-corrected chi connectivity index (χ1v) is 6.38. The zero-order valence-corrected chi connectivity index (χ0v) is 11.9. The van der Waals surface area contributed by atoms with Gasteiger partial charge in [0, 0.05) is 12.1 Å². The quantitative estimate of drug-likeness (QED) is 0.555. The lowest BCUT2D eigenvalue weighted by Gasteiger charge is -2.03. The third-order valence-electron chi connectivity index (χ3n) is 2.92. The van der Waals surface area contributed by atoms with Crippen molar-refractivity contribution in [2.45, 2.75) is 13.8 Å². The summed E-state index contributed by atoms with van der Waals surface area (Å²) < 4.78 is 52.7. The van der Waals surface area contributed by atoms with Gasteiger partial charge in [0.15, 0.2) is 11.6 Å². The highest BCUT2D eigenvalue weighted by atomic mass is 19.1. The Labute approximate surface area is 124 Å². The molecule has 0 aliphatic rings. The van der Waals surface area contributed by atoms with Crippen molar-refractivity contribution in [2.75, 3.05) is 0 Å². The molecular formula is C16H12F4N2. The first kappa shape index (κ1) is 15.9. The predicted octanol–water partition coefficient (Wildman–Crippen LogP) is 5.13. The molecule has 0 amide bonds. The van der Waals surface area contributed by atoms with Gasteiger partial charge in [0.2, 0.25) is 0 Å². The number of halogens is 4. The molecule has 0 saturated heterocycles. The van der Waals surface area contributed by atoms with Gasteiger partial charge >= 0.3 is 0 Å². The lowest BCUT2D eigenvalue weighted by Crippen LogP contribution is -2.05. The molecular weight excluding hydrogens is 296 g/mol. The Hall–Kier alpha value is -2.50. The molecule has 0 aliphatic carbocycles. The summed E-state index contributed by atoms with van der Waals surface area (Å²) in [6.45, 7) is 3.12. The van der Waals surface area contributed by atoms with Crippen LogP contribution in [0.2, 0.25) is 0 Å². The molecule has 0 aliphatic heterocycles. The summed E-state index contributed by atoms with van der Waals surface area (Å²) >= 11 is 0. The fourth-order valence-corrected chi connectivity index (χ4v) is 1.67. The lowest BCUT2D eigenvalue weighted by molar-refractivity contribution is 0.584. The van der Waals surface area contributed by atoms with Gasteiger partial charge in [-0.3, -0.25) is 0 Å². The molecule has 114 valence electrons. The zero-order chi connectivity index (χ0) is 16.3. The van der Waals surface area contributed by atoms with E-state index in [4.69, 9.17) is 0 Å². The molecule has 2 rings (SSSR count). The molecule has 2 aromatic rings. The summed E-state index contributed by atoms with van der Waals surface area (Å²) in [4.78, 5) is 7.98. The number of rotatable bonds is 3. The van der Waals surface area contributed by atoms with E-state index in [-0.39, 0.29) is 11.4 Å². The van der Waals surface area contributed by atoms with Crippen molar-refractivity contribution in [2.24, 2.45) is 9.98 Å². The van der Waals surface area contributed by atoms with Gasteiger partial charge in [-0.05, 0) is 38.1 Å². The minimum absolute atomic E-state index is 0.0481. The van der Waals surface area contributed by atoms with Gasteiger partial charge in [0.05, 0.1) is 22.8 Å². The molecule has 6 heteroatoms. The topological polar surface area (TPSA) is 24.7 Å². The van der Waals surface area contributed by atoms with Crippen LogP contribution in [0.3, 0.4) is 0 Å². The largest absolute Gasteiger partial charge is 0.249 e. The maximum atomic E-state index is 13.5. The van der Waals surface area contributed by atoms with Gasteiger partial charge in [-0.15, -0.1) is 0 Å². The minimum Gasteiger partial charge on any atom is -0.249 e. The summed E-state index contributed by atoms with van der Waals surface area (Å²) in [6.07, 6.45) is 0. The number of benzene rings is 2. The highest BCUT2D eigenvalue weighted by molar-refractivity contribution is 6.41. The maximum Gasteiger partial charge on any atom is 0.151 e. The van der Waals surface area contributed by atoms with E-state index in [0.717, 1.165) is 24.3 Å². The summed E-state index contributed by atoms with van der Waals surface area (Å²) in [5.41, 5.74) is 0.560. The predicted molar refractivity (Wildman–Crippen MR) is 78.3 cm³/mol. The van der Waals surface area contributed by atoms with Gasteiger partial charge in [-0.2, -0.15) is 0 Å². The van der Waals surface area contributed by atoms with Crippen molar-refractivity contribution < 1.29 is 17.6 Å². The molecule has 2 nitrogen and oxygen atoms in total. The first-order chi connectivity index (χ1) is 10.4. The van der Waals surface area contributed by atoms with Crippen molar-refractivity contribution >= 4 is 22.8 Å². The van der Waals surface area contributed by atoms with Crippen LogP contribution in [0.4, 0.5) is 28.9 Å². The summed E-state index contributed by atoms with van der Waals surface area (Å²) in [5.74, 6) is -3.01. The molecule has 22 heavy (non-hydrogen) atoms. The second-order valence-corrected chi connectivity index (χ2v) is 4.59. The Morgan fingerprint density at radius 2 is 1.05 bits per heavy atom. The fraction of sp³-hybridized carbons (Fsp3) is 0.125. The van der Waals surface area contributed by atoms with E-state index in [9.17, 15) is 17.6 Å². The molecule has 0 heterocycles. The highest BCUT2D eigenvalue weighted by Crippen LogP contribution is 2.21. The van der Waals surface area contributed by atoms with Gasteiger partial charge < -0.3 is 0 Å². The fourth-order valence-electron chi connectivity index (χ4n) is 1.67. The lowest BCUT2D eigenvalue weighted by atomic mass is 10.2. The van der Waals surface area contributed by atoms with Crippen molar-refractivity contribution in [1.82, 2.24) is 0 Å². The van der Waals surface area contributed by atoms with Crippen molar-refractivity contribution in [1.29, 1.82) is 0 Å². The molecule has 0 spiro atoms. The summed E-state index contributed by atoms with van der Waals surface area (Å²) in [7, 11) is 0. The molecule has 0 atom stereocenters. The number of aliphatic imine (C=N–C) groups is 2. The second kappa shape index (κ2) is 6.51. The number of hydrogen-bond acceptors (Lipinski definition) is 2.